The molecular weight excluding hydrogens is 252 g/mol. The largest absolute Gasteiger partial charge is 0.378 e. The van der Waals surface area contributed by atoms with Crippen LogP contribution in [0.1, 0.15) is 18.7 Å². The van der Waals surface area contributed by atoms with Gasteiger partial charge in [-0.1, -0.05) is 0 Å². The minimum Gasteiger partial charge on any atom is -0.378 e. The van der Waals surface area contributed by atoms with E-state index in [4.69, 9.17) is 10.5 Å². The molecule has 106 valence electrons. The van der Waals surface area contributed by atoms with Crippen molar-refractivity contribution in [3.63, 3.8) is 0 Å². The molecule has 0 bridgehead atoms. The summed E-state index contributed by atoms with van der Waals surface area (Å²) in [7, 11) is 0. The Morgan fingerprint density at radius 2 is 1.80 bits per heavy atom. The van der Waals surface area contributed by atoms with Gasteiger partial charge in [0.25, 0.3) is 0 Å². The maximum absolute atomic E-state index is 5.96. The Balaban J connectivity index is 1.83. The van der Waals surface area contributed by atoms with E-state index in [1.807, 2.05) is 24.0 Å². The molecular formula is C15H20N4O. The van der Waals surface area contributed by atoms with E-state index in [2.05, 4.69) is 34.1 Å². The molecule has 5 nitrogen and oxygen atoms in total. The molecule has 2 N–H and O–H groups in total. The zero-order valence-electron chi connectivity index (χ0n) is 11.7. The lowest BCUT2D eigenvalue weighted by molar-refractivity contribution is 0.122. The number of hydrogen-bond donors (Lipinski definition) is 1. The highest BCUT2D eigenvalue weighted by molar-refractivity contribution is 5.51. The molecule has 2 aromatic rings. The van der Waals surface area contributed by atoms with Crippen LogP contribution in [0.2, 0.25) is 0 Å². The van der Waals surface area contributed by atoms with Gasteiger partial charge in [0.15, 0.2) is 0 Å². The third kappa shape index (κ3) is 2.55. The van der Waals surface area contributed by atoms with Crippen LogP contribution in [0.5, 0.6) is 0 Å². The van der Waals surface area contributed by atoms with Gasteiger partial charge in [-0.25, -0.2) is 4.98 Å². The molecule has 1 aromatic heterocycles. The molecule has 1 aliphatic heterocycles. The summed E-state index contributed by atoms with van der Waals surface area (Å²) in [6, 6.07) is 8.48. The first-order valence-electron chi connectivity index (χ1n) is 6.96. The fourth-order valence-electron chi connectivity index (χ4n) is 2.50. The molecule has 5 heteroatoms. The first-order valence-corrected chi connectivity index (χ1v) is 6.96. The van der Waals surface area contributed by atoms with Crippen molar-refractivity contribution in [2.45, 2.75) is 13.0 Å². The number of ether oxygens (including phenoxy) is 1. The van der Waals surface area contributed by atoms with Gasteiger partial charge in [0.05, 0.1) is 31.4 Å². The van der Waals surface area contributed by atoms with Crippen molar-refractivity contribution in [1.82, 2.24) is 9.55 Å². The lowest BCUT2D eigenvalue weighted by Crippen LogP contribution is -2.36. The smallest absolute Gasteiger partial charge is 0.0994 e. The summed E-state index contributed by atoms with van der Waals surface area (Å²) in [5.74, 6) is 0. The second-order valence-corrected chi connectivity index (χ2v) is 5.09. The molecule has 0 saturated carbocycles. The summed E-state index contributed by atoms with van der Waals surface area (Å²) in [6.07, 6.45) is 3.63. The molecule has 3 rings (SSSR count). The van der Waals surface area contributed by atoms with Gasteiger partial charge in [-0.3, -0.25) is 0 Å². The summed E-state index contributed by atoms with van der Waals surface area (Å²) in [5, 5.41) is 0. The van der Waals surface area contributed by atoms with E-state index in [9.17, 15) is 0 Å². The first kappa shape index (κ1) is 13.1. The number of nitrogens with two attached hydrogens (primary N) is 1. The van der Waals surface area contributed by atoms with Crippen LogP contribution in [0.15, 0.2) is 36.8 Å². The number of imidazole rings is 1. The maximum atomic E-state index is 5.96. The van der Waals surface area contributed by atoms with Crippen molar-refractivity contribution in [2.75, 3.05) is 31.2 Å². The second kappa shape index (κ2) is 5.64. The van der Waals surface area contributed by atoms with Crippen molar-refractivity contribution >= 4 is 5.69 Å². The van der Waals surface area contributed by atoms with Crippen LogP contribution in [-0.4, -0.2) is 35.9 Å². The SMILES string of the molecule is C[C@@H](N)c1cncn1-c1ccc(N2CCOCC2)cc1. The Morgan fingerprint density at radius 3 is 2.45 bits per heavy atom. The van der Waals surface area contributed by atoms with Gasteiger partial charge in [0.1, 0.15) is 0 Å². The van der Waals surface area contributed by atoms with Crippen LogP contribution >= 0.6 is 0 Å². The third-order valence-corrected chi connectivity index (χ3v) is 3.64. The second-order valence-electron chi connectivity index (χ2n) is 5.09. The third-order valence-electron chi connectivity index (χ3n) is 3.64. The highest BCUT2D eigenvalue weighted by atomic mass is 16.5. The normalized spacial score (nSPS) is 17.2. The average Bonchev–Trinajstić information content (AvgIpc) is 2.98. The summed E-state index contributed by atoms with van der Waals surface area (Å²) in [5.41, 5.74) is 9.30. The first-order chi connectivity index (χ1) is 9.75. The lowest BCUT2D eigenvalue weighted by atomic mass is 10.2. The summed E-state index contributed by atoms with van der Waals surface area (Å²) in [6.45, 7) is 5.48. The van der Waals surface area contributed by atoms with Gasteiger partial charge in [0.2, 0.25) is 0 Å². The number of aromatic nitrogens is 2. The van der Waals surface area contributed by atoms with Gasteiger partial charge >= 0.3 is 0 Å². The van der Waals surface area contributed by atoms with Crippen molar-refractivity contribution in [2.24, 2.45) is 5.73 Å². The Labute approximate surface area is 119 Å². The van der Waals surface area contributed by atoms with Crippen LogP contribution in [0, 0.1) is 0 Å². The Bertz CT molecular complexity index is 556. The van der Waals surface area contributed by atoms with E-state index in [0.717, 1.165) is 37.7 Å². The van der Waals surface area contributed by atoms with Gasteiger partial charge < -0.3 is 19.9 Å². The van der Waals surface area contributed by atoms with Gasteiger partial charge in [-0.15, -0.1) is 0 Å². The van der Waals surface area contributed by atoms with E-state index in [1.54, 1.807) is 0 Å². The maximum Gasteiger partial charge on any atom is 0.0994 e. The van der Waals surface area contributed by atoms with Crippen LogP contribution in [0.3, 0.4) is 0 Å². The molecule has 20 heavy (non-hydrogen) atoms. The Hall–Kier alpha value is -1.85. The molecule has 0 radical (unpaired) electrons. The topological polar surface area (TPSA) is 56.3 Å². The number of morpholine rings is 1. The Kier molecular flexibility index (Phi) is 3.71. The van der Waals surface area contributed by atoms with E-state index >= 15 is 0 Å². The number of nitrogens with zero attached hydrogens (tertiary/aromatic N) is 3. The molecule has 0 amide bonds. The van der Waals surface area contributed by atoms with Crippen molar-refractivity contribution < 1.29 is 4.74 Å². The van der Waals surface area contributed by atoms with Crippen molar-refractivity contribution in [3.8, 4) is 5.69 Å². The van der Waals surface area contributed by atoms with E-state index in [1.165, 1.54) is 5.69 Å². The van der Waals surface area contributed by atoms with E-state index in [-0.39, 0.29) is 6.04 Å². The quantitative estimate of drug-likeness (QED) is 0.924. The van der Waals surface area contributed by atoms with Crippen LogP contribution in [-0.2, 0) is 4.74 Å². The summed E-state index contributed by atoms with van der Waals surface area (Å²) < 4.78 is 7.41. The predicted octanol–water partition coefficient (Wildman–Crippen LogP) is 1.73. The molecule has 1 fully saturated rings. The molecule has 1 saturated heterocycles. The highest BCUT2D eigenvalue weighted by Gasteiger charge is 2.12. The van der Waals surface area contributed by atoms with E-state index in [0.29, 0.717) is 0 Å². The van der Waals surface area contributed by atoms with Crippen LogP contribution in [0.25, 0.3) is 5.69 Å². The molecule has 1 aliphatic rings. The number of rotatable bonds is 3. The zero-order chi connectivity index (χ0) is 13.9. The minimum absolute atomic E-state index is 0.0311. The van der Waals surface area contributed by atoms with Crippen LogP contribution < -0.4 is 10.6 Å². The molecule has 0 spiro atoms. The average molecular weight is 272 g/mol. The minimum atomic E-state index is -0.0311. The fourth-order valence-corrected chi connectivity index (χ4v) is 2.50. The van der Waals surface area contributed by atoms with Gasteiger partial charge in [-0.05, 0) is 31.2 Å². The lowest BCUT2D eigenvalue weighted by Gasteiger charge is -2.29. The summed E-state index contributed by atoms with van der Waals surface area (Å²) in [4.78, 5) is 6.53. The van der Waals surface area contributed by atoms with Crippen molar-refractivity contribution in [1.29, 1.82) is 0 Å². The monoisotopic (exact) mass is 272 g/mol. The molecule has 0 aliphatic carbocycles. The zero-order valence-corrected chi connectivity index (χ0v) is 11.7. The molecule has 1 atom stereocenters. The number of hydrogen-bond acceptors (Lipinski definition) is 4. The molecule has 2 heterocycles. The Morgan fingerprint density at radius 1 is 1.15 bits per heavy atom. The van der Waals surface area contributed by atoms with Crippen molar-refractivity contribution in [3.05, 3.63) is 42.5 Å². The molecule has 1 aromatic carbocycles. The fraction of sp³-hybridized carbons (Fsp3) is 0.400. The molecule has 0 unspecified atom stereocenters. The number of benzene rings is 1. The number of anilines is 1. The van der Waals surface area contributed by atoms with Gasteiger partial charge in [0, 0.05) is 30.5 Å². The standard InChI is InChI=1S/C15H20N4O/c1-12(16)15-10-17-11-19(15)14-4-2-13(3-5-14)18-6-8-20-9-7-18/h2-5,10-12H,6-9,16H2,1H3/t12-/m1/s1. The highest BCUT2D eigenvalue weighted by Crippen LogP contribution is 2.21. The van der Waals surface area contributed by atoms with Gasteiger partial charge in [-0.2, -0.15) is 0 Å². The van der Waals surface area contributed by atoms with Crippen LogP contribution in [0.4, 0.5) is 5.69 Å². The predicted molar refractivity (Wildman–Crippen MR) is 79.2 cm³/mol. The van der Waals surface area contributed by atoms with E-state index < -0.39 is 0 Å². The summed E-state index contributed by atoms with van der Waals surface area (Å²) >= 11 is 0.